The van der Waals surface area contributed by atoms with Gasteiger partial charge in [-0.25, -0.2) is 9.59 Å². The predicted molar refractivity (Wildman–Crippen MR) is 165 cm³/mol. The highest BCUT2D eigenvalue weighted by molar-refractivity contribution is 6.02. The van der Waals surface area contributed by atoms with Crippen LogP contribution < -0.4 is 20.3 Å². The van der Waals surface area contributed by atoms with Crippen molar-refractivity contribution >= 4 is 39.8 Å². The second-order valence-corrected chi connectivity index (χ2v) is 9.74. The normalized spacial score (nSPS) is 11.5. The summed E-state index contributed by atoms with van der Waals surface area (Å²) in [6.07, 6.45) is 0.297. The number of fused-ring (bicyclic) bond motifs is 1. The summed E-state index contributed by atoms with van der Waals surface area (Å²) < 4.78 is 5.34. The van der Waals surface area contributed by atoms with Crippen molar-refractivity contribution in [3.8, 4) is 16.9 Å². The topological polar surface area (TPSA) is 90.9 Å². The van der Waals surface area contributed by atoms with Crippen molar-refractivity contribution in [2.75, 3.05) is 29.7 Å². The minimum Gasteiger partial charge on any atom is -0.495 e. The highest BCUT2D eigenvalue weighted by Gasteiger charge is 2.19. The molecule has 0 aliphatic heterocycles. The zero-order valence-electron chi connectivity index (χ0n) is 22.9. The maximum atomic E-state index is 13.0. The van der Waals surface area contributed by atoms with E-state index in [9.17, 15) is 14.7 Å². The summed E-state index contributed by atoms with van der Waals surface area (Å²) in [6, 6.07) is 35.6. The summed E-state index contributed by atoms with van der Waals surface area (Å²) in [6.45, 7) is 0. The quantitative estimate of drug-likeness (QED) is 0.181. The van der Waals surface area contributed by atoms with Crippen LogP contribution >= 0.6 is 0 Å². The van der Waals surface area contributed by atoms with Crippen molar-refractivity contribution in [2.45, 2.75) is 12.5 Å². The van der Waals surface area contributed by atoms with Crippen LogP contribution in [0.1, 0.15) is 5.56 Å². The van der Waals surface area contributed by atoms with Crippen molar-refractivity contribution in [2.24, 2.45) is 0 Å². The number of amides is 2. The number of rotatable bonds is 9. The van der Waals surface area contributed by atoms with E-state index in [-0.39, 0.29) is 6.03 Å². The van der Waals surface area contributed by atoms with Crippen molar-refractivity contribution < 1.29 is 19.4 Å². The van der Waals surface area contributed by atoms with Crippen LogP contribution in [0.2, 0.25) is 0 Å². The number of carbonyl (C=O) groups excluding carboxylic acids is 1. The lowest BCUT2D eigenvalue weighted by Crippen LogP contribution is -2.31. The summed E-state index contributed by atoms with van der Waals surface area (Å²) in [4.78, 5) is 26.6. The zero-order valence-corrected chi connectivity index (χ0v) is 22.9. The molecule has 0 bridgehead atoms. The first kappa shape index (κ1) is 27.3. The van der Waals surface area contributed by atoms with Crippen LogP contribution in [0, 0.1) is 0 Å². The molecule has 2 amide bonds. The number of carboxylic acid groups (broad SMARTS) is 1. The van der Waals surface area contributed by atoms with Gasteiger partial charge in [0.1, 0.15) is 11.8 Å². The lowest BCUT2D eigenvalue weighted by Gasteiger charge is -2.19. The number of ether oxygens (including phenoxy) is 1. The van der Waals surface area contributed by atoms with Gasteiger partial charge in [-0.2, -0.15) is 0 Å². The van der Waals surface area contributed by atoms with Gasteiger partial charge in [-0.3, -0.25) is 4.90 Å². The number of hydrogen-bond acceptors (Lipinski definition) is 4. The van der Waals surface area contributed by atoms with Crippen LogP contribution in [0.25, 0.3) is 21.9 Å². The summed E-state index contributed by atoms with van der Waals surface area (Å²) in [5, 5.41) is 18.0. The molecule has 0 aliphatic carbocycles. The van der Waals surface area contributed by atoms with Crippen molar-refractivity contribution in [1.82, 2.24) is 0 Å². The van der Waals surface area contributed by atoms with Gasteiger partial charge in [0.05, 0.1) is 12.8 Å². The molecule has 5 aromatic rings. The first-order valence-electron chi connectivity index (χ1n) is 13.3. The largest absolute Gasteiger partial charge is 0.495 e. The van der Waals surface area contributed by atoms with E-state index in [1.807, 2.05) is 103 Å². The minimum absolute atomic E-state index is 0.241. The van der Waals surface area contributed by atoms with Gasteiger partial charge in [-0.1, -0.05) is 78.9 Å². The molecule has 41 heavy (non-hydrogen) atoms. The number of nitrogens with zero attached hydrogens (tertiary/aromatic N) is 1. The molecule has 7 heteroatoms. The number of aliphatic carboxylic acids is 1. The van der Waals surface area contributed by atoms with Gasteiger partial charge < -0.3 is 20.5 Å². The first-order chi connectivity index (χ1) is 19.9. The molecule has 0 spiro atoms. The summed E-state index contributed by atoms with van der Waals surface area (Å²) in [5.74, 6) is -0.359. The molecule has 0 saturated heterocycles. The molecule has 0 fully saturated rings. The summed E-state index contributed by atoms with van der Waals surface area (Å²) in [7, 11) is 3.29. The number of methoxy groups -OCH3 is 1. The zero-order chi connectivity index (χ0) is 28.8. The Labute approximate surface area is 239 Å². The van der Waals surface area contributed by atoms with Crippen LogP contribution in [0.4, 0.5) is 21.9 Å². The van der Waals surface area contributed by atoms with Crippen molar-refractivity contribution in [3.05, 3.63) is 121 Å². The van der Waals surface area contributed by atoms with Crippen LogP contribution in [0.15, 0.2) is 115 Å². The molecule has 206 valence electrons. The van der Waals surface area contributed by atoms with Crippen LogP contribution in [-0.2, 0) is 11.2 Å². The van der Waals surface area contributed by atoms with Gasteiger partial charge in [0.2, 0.25) is 0 Å². The molecule has 0 radical (unpaired) electrons. The SMILES string of the molecule is COc1ccccc1NC(Cc1ccc(-c2cccc(N(C)C(=O)Nc3ccc4ccccc4c3)c2)cc1)C(=O)O. The number of carbonyl (C=O) groups is 2. The lowest BCUT2D eigenvalue weighted by atomic mass is 10.00. The fourth-order valence-electron chi connectivity index (χ4n) is 4.71. The van der Waals surface area contributed by atoms with E-state index in [1.165, 1.54) is 0 Å². The van der Waals surface area contributed by atoms with Crippen LogP contribution in [0.3, 0.4) is 0 Å². The summed E-state index contributed by atoms with van der Waals surface area (Å²) in [5.41, 5.74) is 4.89. The molecule has 0 heterocycles. The maximum Gasteiger partial charge on any atom is 0.326 e. The van der Waals surface area contributed by atoms with Gasteiger partial charge in [0.25, 0.3) is 0 Å². The van der Waals surface area contributed by atoms with Crippen molar-refractivity contribution in [1.29, 1.82) is 0 Å². The Morgan fingerprint density at radius 2 is 1.54 bits per heavy atom. The predicted octanol–water partition coefficient (Wildman–Crippen LogP) is 7.29. The molecular weight excluding hydrogens is 514 g/mol. The fourth-order valence-corrected chi connectivity index (χ4v) is 4.71. The van der Waals surface area contributed by atoms with Gasteiger partial charge in [-0.15, -0.1) is 0 Å². The van der Waals surface area contributed by atoms with E-state index < -0.39 is 12.0 Å². The third-order valence-electron chi connectivity index (χ3n) is 7.00. The van der Waals surface area contributed by atoms with Crippen LogP contribution in [-0.4, -0.2) is 37.3 Å². The molecule has 0 saturated carbocycles. The fraction of sp³-hybridized carbons (Fsp3) is 0.118. The number of benzene rings is 5. The average molecular weight is 546 g/mol. The number of nitrogens with one attached hydrogen (secondary N) is 2. The van der Waals surface area contributed by atoms with Gasteiger partial charge in [0.15, 0.2) is 0 Å². The molecule has 7 nitrogen and oxygen atoms in total. The second-order valence-electron chi connectivity index (χ2n) is 9.74. The smallest absolute Gasteiger partial charge is 0.326 e. The van der Waals surface area contributed by atoms with E-state index in [1.54, 1.807) is 31.2 Å². The van der Waals surface area contributed by atoms with Gasteiger partial charge in [0, 0.05) is 24.8 Å². The number of hydrogen-bond donors (Lipinski definition) is 3. The standard InChI is InChI=1S/C34H31N3O4/c1-37(34(40)35-28-19-18-24-8-3-4-9-26(24)21-28)29-11-7-10-27(22-29)25-16-14-23(15-17-25)20-31(33(38)39)36-30-12-5-6-13-32(30)41-2/h3-19,21-22,31,36H,20H2,1-2H3,(H,35,40)(H,38,39). The van der Waals surface area contributed by atoms with Gasteiger partial charge in [-0.05, 0) is 63.9 Å². The van der Waals surface area contributed by atoms with E-state index in [2.05, 4.69) is 10.6 Å². The molecule has 1 atom stereocenters. The van der Waals surface area contributed by atoms with E-state index in [0.29, 0.717) is 17.9 Å². The molecular formula is C34H31N3O4. The molecule has 5 rings (SSSR count). The van der Waals surface area contributed by atoms with Crippen molar-refractivity contribution in [3.63, 3.8) is 0 Å². The number of carboxylic acids is 1. The Balaban J connectivity index is 1.27. The highest BCUT2D eigenvalue weighted by atomic mass is 16.5. The first-order valence-corrected chi connectivity index (χ1v) is 13.3. The van der Waals surface area contributed by atoms with Crippen LogP contribution in [0.5, 0.6) is 5.75 Å². The third-order valence-corrected chi connectivity index (χ3v) is 7.00. The second kappa shape index (κ2) is 12.3. The highest BCUT2D eigenvalue weighted by Crippen LogP contribution is 2.27. The summed E-state index contributed by atoms with van der Waals surface area (Å²) >= 11 is 0. The lowest BCUT2D eigenvalue weighted by molar-refractivity contribution is -0.137. The molecule has 0 aromatic heterocycles. The van der Waals surface area contributed by atoms with E-state index >= 15 is 0 Å². The number of urea groups is 1. The Morgan fingerprint density at radius 3 is 2.29 bits per heavy atom. The average Bonchev–Trinajstić information content (AvgIpc) is 3.01. The number of para-hydroxylation sites is 2. The van der Waals surface area contributed by atoms with E-state index in [4.69, 9.17) is 4.74 Å². The maximum absolute atomic E-state index is 13.0. The van der Waals surface area contributed by atoms with Gasteiger partial charge >= 0.3 is 12.0 Å². The molecule has 1 unspecified atom stereocenters. The Bertz CT molecular complexity index is 1680. The monoisotopic (exact) mass is 545 g/mol. The third kappa shape index (κ3) is 6.47. The minimum atomic E-state index is -0.947. The number of anilines is 3. The van der Waals surface area contributed by atoms with E-state index in [0.717, 1.165) is 38.8 Å². The Hall–Kier alpha value is -5.30. The molecule has 0 aliphatic rings. The molecule has 3 N–H and O–H groups in total. The Morgan fingerprint density at radius 1 is 0.805 bits per heavy atom. The Kier molecular flexibility index (Phi) is 8.15. The molecule has 5 aromatic carbocycles.